The van der Waals surface area contributed by atoms with Gasteiger partial charge in [0, 0.05) is 10.6 Å². The lowest BCUT2D eigenvalue weighted by molar-refractivity contribution is 0.121. The number of nitrogens with one attached hydrogen (secondary N) is 1. The summed E-state index contributed by atoms with van der Waals surface area (Å²) in [5.41, 5.74) is 0. The number of fused-ring (bicyclic) bond motifs is 1. The minimum absolute atomic E-state index is 0.390. The van der Waals surface area contributed by atoms with E-state index in [0.717, 1.165) is 26.6 Å². The van der Waals surface area contributed by atoms with Crippen molar-refractivity contribution in [3.05, 3.63) is 52.2 Å². The molecule has 3 nitrogen and oxygen atoms in total. The highest BCUT2D eigenvalue weighted by atomic mass is 16.6. The molecule has 0 amide bonds. The standard InChI is InChI=1S/C17H20N2O/c1-4-13-10-11-14-8-6-7-9-16(14)17(15(13)5-2)19-20-12-18-3/h4-11,18H,12H2,1-3H3. The Morgan fingerprint density at radius 2 is 1.90 bits per heavy atom. The summed E-state index contributed by atoms with van der Waals surface area (Å²) >= 11 is 0. The average Bonchev–Trinajstić information content (AvgIpc) is 2.64. The summed E-state index contributed by atoms with van der Waals surface area (Å²) < 4.78 is 0. The molecule has 0 fully saturated rings. The van der Waals surface area contributed by atoms with E-state index in [-0.39, 0.29) is 0 Å². The van der Waals surface area contributed by atoms with Gasteiger partial charge in [0.1, 0.15) is 5.36 Å². The number of benzene rings is 1. The predicted molar refractivity (Wildman–Crippen MR) is 84.1 cm³/mol. The Morgan fingerprint density at radius 3 is 2.60 bits per heavy atom. The van der Waals surface area contributed by atoms with Crippen LogP contribution in [0.25, 0.3) is 22.9 Å². The summed E-state index contributed by atoms with van der Waals surface area (Å²) in [5, 5.41) is 12.6. The van der Waals surface area contributed by atoms with E-state index in [2.05, 4.69) is 46.9 Å². The molecule has 2 aromatic carbocycles. The third-order valence-electron chi connectivity index (χ3n) is 3.19. The van der Waals surface area contributed by atoms with Gasteiger partial charge in [0.2, 0.25) is 0 Å². The minimum Gasteiger partial charge on any atom is -0.379 e. The fourth-order valence-corrected chi connectivity index (χ4v) is 2.22. The van der Waals surface area contributed by atoms with Crippen LogP contribution in [-0.4, -0.2) is 13.8 Å². The highest BCUT2D eigenvalue weighted by molar-refractivity contribution is 5.81. The van der Waals surface area contributed by atoms with Gasteiger partial charge in [-0.15, -0.1) is 0 Å². The Morgan fingerprint density at radius 1 is 1.10 bits per heavy atom. The molecule has 2 aromatic rings. The van der Waals surface area contributed by atoms with Crippen LogP contribution in [0.5, 0.6) is 0 Å². The van der Waals surface area contributed by atoms with Crippen LogP contribution >= 0.6 is 0 Å². The molecular formula is C17H20N2O. The molecule has 0 aliphatic rings. The number of hydrogen-bond donors (Lipinski definition) is 1. The van der Waals surface area contributed by atoms with Crippen LogP contribution in [0.1, 0.15) is 13.8 Å². The van der Waals surface area contributed by atoms with E-state index in [0.29, 0.717) is 6.73 Å². The van der Waals surface area contributed by atoms with E-state index >= 15 is 0 Å². The van der Waals surface area contributed by atoms with Gasteiger partial charge in [0.15, 0.2) is 6.73 Å². The molecule has 0 aliphatic carbocycles. The first-order valence-corrected chi connectivity index (χ1v) is 6.77. The van der Waals surface area contributed by atoms with Gasteiger partial charge >= 0.3 is 0 Å². The fraction of sp³-hybridized carbons (Fsp3) is 0.235. The SMILES string of the molecule is CC=c1ccc2ccccc2c(=NOCNC)c1=CC. The quantitative estimate of drug-likeness (QED) is 0.519. The molecule has 2 rings (SSSR count). The number of rotatable bonds is 3. The van der Waals surface area contributed by atoms with Gasteiger partial charge < -0.3 is 4.84 Å². The van der Waals surface area contributed by atoms with Crippen LogP contribution in [0.15, 0.2) is 41.6 Å². The Kier molecular flexibility index (Phi) is 4.91. The van der Waals surface area contributed by atoms with E-state index < -0.39 is 0 Å². The van der Waals surface area contributed by atoms with Crippen LogP contribution < -0.4 is 21.1 Å². The van der Waals surface area contributed by atoms with Crippen molar-refractivity contribution in [3.8, 4) is 0 Å². The van der Waals surface area contributed by atoms with Crippen molar-refractivity contribution in [2.75, 3.05) is 13.8 Å². The van der Waals surface area contributed by atoms with Gasteiger partial charge in [0.05, 0.1) is 0 Å². The molecule has 0 atom stereocenters. The average molecular weight is 268 g/mol. The monoisotopic (exact) mass is 268 g/mol. The minimum atomic E-state index is 0.390. The smallest absolute Gasteiger partial charge is 0.168 e. The lowest BCUT2D eigenvalue weighted by Crippen LogP contribution is -2.37. The van der Waals surface area contributed by atoms with Crippen molar-refractivity contribution in [3.63, 3.8) is 0 Å². The van der Waals surface area contributed by atoms with E-state index in [1.54, 1.807) is 0 Å². The Hall–Kier alpha value is -2.13. The second-order valence-electron chi connectivity index (χ2n) is 4.43. The van der Waals surface area contributed by atoms with Gasteiger partial charge in [-0.05, 0) is 31.5 Å². The van der Waals surface area contributed by atoms with Crippen molar-refractivity contribution >= 4 is 22.9 Å². The summed E-state index contributed by atoms with van der Waals surface area (Å²) in [6, 6.07) is 12.5. The first kappa shape index (κ1) is 14.3. The Balaban J connectivity index is 2.97. The predicted octanol–water partition coefficient (Wildman–Crippen LogP) is 1.45. The summed E-state index contributed by atoms with van der Waals surface area (Å²) in [5.74, 6) is 0. The third kappa shape index (κ3) is 2.89. The maximum Gasteiger partial charge on any atom is 0.168 e. The zero-order valence-corrected chi connectivity index (χ0v) is 12.2. The molecule has 0 aliphatic heterocycles. The maximum atomic E-state index is 5.34. The van der Waals surface area contributed by atoms with Crippen LogP contribution in [0, 0.1) is 0 Å². The first-order valence-electron chi connectivity index (χ1n) is 6.77. The normalized spacial score (nSPS) is 14.1. The number of nitrogens with zero attached hydrogens (tertiary/aromatic N) is 1. The summed E-state index contributed by atoms with van der Waals surface area (Å²) in [6.45, 7) is 4.45. The molecule has 0 radical (unpaired) electrons. The van der Waals surface area contributed by atoms with Crippen molar-refractivity contribution in [2.24, 2.45) is 5.16 Å². The van der Waals surface area contributed by atoms with Gasteiger partial charge in [-0.25, -0.2) is 0 Å². The van der Waals surface area contributed by atoms with Crippen LogP contribution in [0.2, 0.25) is 0 Å². The van der Waals surface area contributed by atoms with Crippen molar-refractivity contribution < 1.29 is 4.84 Å². The van der Waals surface area contributed by atoms with E-state index in [9.17, 15) is 0 Å². The van der Waals surface area contributed by atoms with Crippen molar-refractivity contribution in [2.45, 2.75) is 13.8 Å². The van der Waals surface area contributed by atoms with E-state index in [1.807, 2.05) is 33.0 Å². The van der Waals surface area contributed by atoms with Gasteiger partial charge in [0.25, 0.3) is 0 Å². The molecule has 0 saturated carbocycles. The fourth-order valence-electron chi connectivity index (χ4n) is 2.22. The van der Waals surface area contributed by atoms with Crippen LogP contribution in [0.3, 0.4) is 0 Å². The molecule has 0 spiro atoms. The molecule has 0 aromatic heterocycles. The molecule has 3 heteroatoms. The Labute approximate surface area is 118 Å². The number of hydrogen-bond acceptors (Lipinski definition) is 3. The zero-order chi connectivity index (χ0) is 14.4. The van der Waals surface area contributed by atoms with E-state index in [4.69, 9.17) is 4.84 Å². The van der Waals surface area contributed by atoms with E-state index in [1.165, 1.54) is 0 Å². The molecule has 0 heterocycles. The highest BCUT2D eigenvalue weighted by Gasteiger charge is 1.97. The third-order valence-corrected chi connectivity index (χ3v) is 3.19. The molecule has 1 N–H and O–H groups in total. The largest absolute Gasteiger partial charge is 0.379 e. The lowest BCUT2D eigenvalue weighted by atomic mass is 10.2. The van der Waals surface area contributed by atoms with Crippen LogP contribution in [-0.2, 0) is 4.84 Å². The molecule has 0 bridgehead atoms. The summed E-state index contributed by atoms with van der Waals surface area (Å²) in [4.78, 5) is 5.34. The van der Waals surface area contributed by atoms with Crippen LogP contribution in [0.4, 0.5) is 0 Å². The van der Waals surface area contributed by atoms with Gasteiger partial charge in [-0.2, -0.15) is 0 Å². The highest BCUT2D eigenvalue weighted by Crippen LogP contribution is 2.05. The molecule has 104 valence electrons. The van der Waals surface area contributed by atoms with Crippen molar-refractivity contribution in [1.29, 1.82) is 0 Å². The molecule has 0 unspecified atom stereocenters. The molecular weight excluding hydrogens is 248 g/mol. The Bertz CT molecular complexity index is 779. The first-order chi connectivity index (χ1) is 9.81. The summed E-state index contributed by atoms with van der Waals surface area (Å²) in [6.07, 6.45) is 4.16. The maximum absolute atomic E-state index is 5.34. The summed E-state index contributed by atoms with van der Waals surface area (Å²) in [7, 11) is 1.83. The van der Waals surface area contributed by atoms with Gasteiger partial charge in [-0.1, -0.05) is 53.7 Å². The molecule has 0 saturated heterocycles. The topological polar surface area (TPSA) is 33.6 Å². The second kappa shape index (κ2) is 6.87. The second-order valence-corrected chi connectivity index (χ2v) is 4.43. The lowest BCUT2D eigenvalue weighted by Gasteiger charge is -1.97. The van der Waals surface area contributed by atoms with Gasteiger partial charge in [-0.3, -0.25) is 5.32 Å². The molecule has 20 heavy (non-hydrogen) atoms. The zero-order valence-electron chi connectivity index (χ0n) is 12.2. The van der Waals surface area contributed by atoms with Crippen molar-refractivity contribution in [1.82, 2.24) is 5.32 Å².